The highest BCUT2D eigenvalue weighted by Gasteiger charge is 2.00. The van der Waals surface area contributed by atoms with E-state index in [1.165, 1.54) is 5.56 Å². The minimum Gasteiger partial charge on any atom is -0.450 e. The van der Waals surface area contributed by atoms with Gasteiger partial charge in [0.2, 0.25) is 0 Å². The molecule has 102 valence electrons. The van der Waals surface area contributed by atoms with Gasteiger partial charge in [-0.15, -0.1) is 12.3 Å². The van der Waals surface area contributed by atoms with Gasteiger partial charge in [-0.05, 0) is 31.2 Å². The molecular weight excluding hydrogens is 238 g/mol. The van der Waals surface area contributed by atoms with E-state index in [1.807, 2.05) is 30.3 Å². The number of ether oxygens (including phenoxy) is 1. The molecule has 0 aliphatic carbocycles. The molecular formula is C16H21NO2. The van der Waals surface area contributed by atoms with Crippen LogP contribution < -0.4 is 5.32 Å². The van der Waals surface area contributed by atoms with Crippen LogP contribution in [0.15, 0.2) is 30.3 Å². The summed E-state index contributed by atoms with van der Waals surface area (Å²) in [6, 6.07) is 10.0. The normalized spacial score (nSPS) is 9.63. The molecule has 3 nitrogen and oxygen atoms in total. The second kappa shape index (κ2) is 10.0. The molecule has 1 aromatic rings. The second-order valence-corrected chi connectivity index (χ2v) is 4.31. The Labute approximate surface area is 115 Å². The van der Waals surface area contributed by atoms with Gasteiger partial charge < -0.3 is 10.1 Å². The Bertz CT molecular complexity index is 395. The predicted molar refractivity (Wildman–Crippen MR) is 76.8 cm³/mol. The zero-order chi connectivity index (χ0) is 13.8. The molecule has 0 unspecified atom stereocenters. The predicted octanol–water partition coefficient (Wildman–Crippen LogP) is 3.15. The van der Waals surface area contributed by atoms with Crippen LogP contribution in [-0.4, -0.2) is 19.2 Å². The maximum absolute atomic E-state index is 11.4. The Balaban J connectivity index is 1.98. The van der Waals surface area contributed by atoms with Crippen molar-refractivity contribution in [1.29, 1.82) is 0 Å². The van der Waals surface area contributed by atoms with Crippen molar-refractivity contribution in [3.63, 3.8) is 0 Å². The minimum atomic E-state index is -0.340. The maximum atomic E-state index is 11.4. The van der Waals surface area contributed by atoms with Crippen LogP contribution in [0.3, 0.4) is 0 Å². The molecule has 1 amide bonds. The molecule has 1 rings (SSSR count). The van der Waals surface area contributed by atoms with Crippen molar-refractivity contribution in [2.75, 3.05) is 13.2 Å². The lowest BCUT2D eigenvalue weighted by Crippen LogP contribution is -2.26. The number of hydrogen-bond acceptors (Lipinski definition) is 2. The molecule has 0 radical (unpaired) electrons. The highest BCUT2D eigenvalue weighted by Crippen LogP contribution is 2.00. The number of benzene rings is 1. The molecule has 0 saturated heterocycles. The van der Waals surface area contributed by atoms with E-state index in [1.54, 1.807) is 0 Å². The van der Waals surface area contributed by atoms with Crippen LogP contribution in [0.5, 0.6) is 0 Å². The van der Waals surface area contributed by atoms with Crippen LogP contribution in [0.1, 0.15) is 31.2 Å². The van der Waals surface area contributed by atoms with E-state index in [0.29, 0.717) is 13.2 Å². The quantitative estimate of drug-likeness (QED) is 0.575. The molecule has 0 fully saturated rings. The zero-order valence-corrected chi connectivity index (χ0v) is 11.2. The third kappa shape index (κ3) is 7.88. The third-order valence-corrected chi connectivity index (χ3v) is 2.72. The van der Waals surface area contributed by atoms with Gasteiger partial charge in [0.25, 0.3) is 0 Å². The zero-order valence-electron chi connectivity index (χ0n) is 11.2. The lowest BCUT2D eigenvalue weighted by molar-refractivity contribution is 0.144. The van der Waals surface area contributed by atoms with Gasteiger partial charge in [0.05, 0.1) is 6.61 Å². The number of nitrogens with one attached hydrogen (secondary N) is 1. The summed E-state index contributed by atoms with van der Waals surface area (Å²) in [5.41, 5.74) is 1.21. The fraction of sp³-hybridized carbons (Fsp3) is 0.438. The molecule has 0 atom stereocenters. The van der Waals surface area contributed by atoms with Crippen molar-refractivity contribution in [2.45, 2.75) is 32.1 Å². The number of unbranched alkanes of at least 4 members (excludes halogenated alkanes) is 3. The first kappa shape index (κ1) is 15.1. The number of amides is 1. The average molecular weight is 259 g/mol. The summed E-state index contributed by atoms with van der Waals surface area (Å²) in [5.74, 6) is 2.59. The fourth-order valence-corrected chi connectivity index (χ4v) is 1.68. The largest absolute Gasteiger partial charge is 0.450 e. The summed E-state index contributed by atoms with van der Waals surface area (Å²) in [6.45, 7) is 1.06. The second-order valence-electron chi connectivity index (χ2n) is 4.31. The lowest BCUT2D eigenvalue weighted by atomic mass is 10.1. The van der Waals surface area contributed by atoms with Gasteiger partial charge in [0.1, 0.15) is 0 Å². The van der Waals surface area contributed by atoms with Crippen molar-refractivity contribution >= 4 is 6.09 Å². The van der Waals surface area contributed by atoms with Gasteiger partial charge in [-0.25, -0.2) is 4.79 Å². The average Bonchev–Trinajstić information content (AvgIpc) is 2.44. The van der Waals surface area contributed by atoms with Crippen LogP contribution in [0.2, 0.25) is 0 Å². The first-order chi connectivity index (χ1) is 9.33. The molecule has 1 aromatic carbocycles. The Morgan fingerprint density at radius 1 is 1.21 bits per heavy atom. The first-order valence-electron chi connectivity index (χ1n) is 6.71. The Kier molecular flexibility index (Phi) is 7.97. The molecule has 3 heteroatoms. The highest BCUT2D eigenvalue weighted by atomic mass is 16.5. The number of hydrogen-bond donors (Lipinski definition) is 1. The maximum Gasteiger partial charge on any atom is 0.407 e. The van der Waals surface area contributed by atoms with E-state index in [-0.39, 0.29) is 6.09 Å². The first-order valence-corrected chi connectivity index (χ1v) is 6.71. The van der Waals surface area contributed by atoms with Crippen molar-refractivity contribution in [3.8, 4) is 12.3 Å². The number of alkyl carbamates (subject to hydrolysis) is 1. The van der Waals surface area contributed by atoms with Gasteiger partial charge in [-0.3, -0.25) is 0 Å². The van der Waals surface area contributed by atoms with Gasteiger partial charge in [0, 0.05) is 13.0 Å². The van der Waals surface area contributed by atoms with E-state index in [4.69, 9.17) is 11.2 Å². The number of terminal acetylenes is 1. The lowest BCUT2D eigenvalue weighted by Gasteiger charge is -2.06. The molecule has 1 N–H and O–H groups in total. The fourth-order valence-electron chi connectivity index (χ4n) is 1.68. The van der Waals surface area contributed by atoms with Gasteiger partial charge in [-0.1, -0.05) is 30.3 Å². The van der Waals surface area contributed by atoms with E-state index >= 15 is 0 Å². The van der Waals surface area contributed by atoms with E-state index in [2.05, 4.69) is 11.2 Å². The van der Waals surface area contributed by atoms with Crippen molar-refractivity contribution in [1.82, 2.24) is 5.32 Å². The standard InChI is InChI=1S/C16H21NO2/c1-2-3-4-5-9-14-19-16(18)17-13-12-15-10-7-6-8-11-15/h1,6-8,10-11H,3-5,9,12-14H2,(H,17,18). The number of carbonyl (C=O) groups is 1. The molecule has 19 heavy (non-hydrogen) atoms. The van der Waals surface area contributed by atoms with E-state index in [0.717, 1.165) is 32.1 Å². The molecule has 0 spiro atoms. The molecule has 0 aliphatic rings. The van der Waals surface area contributed by atoms with Crippen LogP contribution in [0, 0.1) is 12.3 Å². The SMILES string of the molecule is C#CCCCCCOC(=O)NCCc1ccccc1. The molecule has 0 aliphatic heterocycles. The van der Waals surface area contributed by atoms with Gasteiger partial charge >= 0.3 is 6.09 Å². The Morgan fingerprint density at radius 2 is 2.00 bits per heavy atom. The van der Waals surface area contributed by atoms with Crippen molar-refractivity contribution in [2.24, 2.45) is 0 Å². The summed E-state index contributed by atoms with van der Waals surface area (Å²) in [7, 11) is 0. The van der Waals surface area contributed by atoms with Crippen LogP contribution >= 0.6 is 0 Å². The third-order valence-electron chi connectivity index (χ3n) is 2.72. The van der Waals surface area contributed by atoms with Crippen molar-refractivity contribution < 1.29 is 9.53 Å². The summed E-state index contributed by atoms with van der Waals surface area (Å²) in [6.07, 6.45) is 9.29. The Hall–Kier alpha value is -1.95. The van der Waals surface area contributed by atoms with Crippen molar-refractivity contribution in [3.05, 3.63) is 35.9 Å². The van der Waals surface area contributed by atoms with Crippen LogP contribution in [0.25, 0.3) is 0 Å². The smallest absolute Gasteiger partial charge is 0.407 e. The molecule has 0 heterocycles. The Morgan fingerprint density at radius 3 is 2.74 bits per heavy atom. The summed E-state index contributed by atoms with van der Waals surface area (Å²) in [4.78, 5) is 11.4. The number of carbonyl (C=O) groups excluding carboxylic acids is 1. The number of rotatable bonds is 8. The molecule has 0 aromatic heterocycles. The molecule has 0 saturated carbocycles. The van der Waals surface area contributed by atoms with Crippen LogP contribution in [-0.2, 0) is 11.2 Å². The topological polar surface area (TPSA) is 38.3 Å². The van der Waals surface area contributed by atoms with Gasteiger partial charge in [0.15, 0.2) is 0 Å². The summed E-state index contributed by atoms with van der Waals surface area (Å²) in [5, 5.41) is 2.74. The van der Waals surface area contributed by atoms with Gasteiger partial charge in [-0.2, -0.15) is 0 Å². The summed E-state index contributed by atoms with van der Waals surface area (Å²) >= 11 is 0. The summed E-state index contributed by atoms with van der Waals surface area (Å²) < 4.78 is 5.06. The minimum absolute atomic E-state index is 0.340. The van der Waals surface area contributed by atoms with Crippen LogP contribution in [0.4, 0.5) is 4.79 Å². The molecule has 0 bridgehead atoms. The van der Waals surface area contributed by atoms with E-state index in [9.17, 15) is 4.79 Å². The highest BCUT2D eigenvalue weighted by molar-refractivity contribution is 5.67. The van der Waals surface area contributed by atoms with E-state index < -0.39 is 0 Å². The monoisotopic (exact) mass is 259 g/mol.